The first-order valence-corrected chi connectivity index (χ1v) is 9.10. The highest BCUT2D eigenvalue weighted by molar-refractivity contribution is 4.91. The van der Waals surface area contributed by atoms with Gasteiger partial charge in [0.15, 0.2) is 0 Å². The SMILES string of the molecule is CCCC1CN(CC2CCC(C)(C)O2)C(C(C)CC)CN1. The van der Waals surface area contributed by atoms with Crippen molar-refractivity contribution in [3.05, 3.63) is 0 Å². The maximum atomic E-state index is 6.25. The molecule has 0 aromatic rings. The van der Waals surface area contributed by atoms with Gasteiger partial charge in [0.05, 0.1) is 11.7 Å². The Labute approximate surface area is 131 Å². The van der Waals surface area contributed by atoms with E-state index in [1.807, 2.05) is 0 Å². The van der Waals surface area contributed by atoms with Gasteiger partial charge in [-0.25, -0.2) is 0 Å². The molecule has 2 heterocycles. The molecule has 3 heteroatoms. The van der Waals surface area contributed by atoms with Crippen molar-refractivity contribution < 1.29 is 4.74 Å². The van der Waals surface area contributed by atoms with E-state index in [-0.39, 0.29) is 5.60 Å². The minimum absolute atomic E-state index is 0.0907. The van der Waals surface area contributed by atoms with Gasteiger partial charge in [-0.15, -0.1) is 0 Å². The monoisotopic (exact) mass is 296 g/mol. The lowest BCUT2D eigenvalue weighted by Crippen LogP contribution is -2.59. The van der Waals surface area contributed by atoms with E-state index in [0.717, 1.165) is 19.0 Å². The van der Waals surface area contributed by atoms with Crippen LogP contribution < -0.4 is 5.32 Å². The summed E-state index contributed by atoms with van der Waals surface area (Å²) >= 11 is 0. The summed E-state index contributed by atoms with van der Waals surface area (Å²) in [5.41, 5.74) is 0.0907. The highest BCUT2D eigenvalue weighted by Crippen LogP contribution is 2.31. The zero-order chi connectivity index (χ0) is 15.5. The van der Waals surface area contributed by atoms with Crippen LogP contribution in [-0.4, -0.2) is 48.3 Å². The first-order valence-electron chi connectivity index (χ1n) is 9.10. The topological polar surface area (TPSA) is 24.5 Å². The van der Waals surface area contributed by atoms with Gasteiger partial charge in [-0.3, -0.25) is 4.90 Å². The maximum Gasteiger partial charge on any atom is 0.0710 e. The molecule has 0 aromatic heterocycles. The van der Waals surface area contributed by atoms with E-state index >= 15 is 0 Å². The molecule has 0 spiro atoms. The van der Waals surface area contributed by atoms with Crippen LogP contribution in [0.2, 0.25) is 0 Å². The number of nitrogens with one attached hydrogen (secondary N) is 1. The predicted octanol–water partition coefficient (Wildman–Crippen LogP) is 3.43. The van der Waals surface area contributed by atoms with Crippen LogP contribution in [0.15, 0.2) is 0 Å². The quantitative estimate of drug-likeness (QED) is 0.812. The number of piperazine rings is 1. The number of ether oxygens (including phenoxy) is 1. The highest BCUT2D eigenvalue weighted by Gasteiger charge is 2.36. The van der Waals surface area contributed by atoms with Gasteiger partial charge in [0, 0.05) is 31.7 Å². The summed E-state index contributed by atoms with van der Waals surface area (Å²) in [6, 6.07) is 1.35. The number of rotatable bonds is 6. The first-order chi connectivity index (χ1) is 9.95. The van der Waals surface area contributed by atoms with E-state index < -0.39 is 0 Å². The van der Waals surface area contributed by atoms with Crippen molar-refractivity contribution in [1.82, 2.24) is 10.2 Å². The van der Waals surface area contributed by atoms with Gasteiger partial charge in [0.25, 0.3) is 0 Å². The third-order valence-corrected chi connectivity index (χ3v) is 5.47. The Morgan fingerprint density at radius 1 is 1.33 bits per heavy atom. The molecule has 0 radical (unpaired) electrons. The third-order valence-electron chi connectivity index (χ3n) is 5.47. The van der Waals surface area contributed by atoms with E-state index in [4.69, 9.17) is 4.74 Å². The van der Waals surface area contributed by atoms with Gasteiger partial charge in [0.2, 0.25) is 0 Å². The Kier molecular flexibility index (Phi) is 6.10. The molecule has 0 aromatic carbocycles. The van der Waals surface area contributed by atoms with Crippen LogP contribution in [0.25, 0.3) is 0 Å². The van der Waals surface area contributed by atoms with Gasteiger partial charge in [0.1, 0.15) is 0 Å². The second kappa shape index (κ2) is 7.43. The molecule has 4 unspecified atom stereocenters. The van der Waals surface area contributed by atoms with Crippen molar-refractivity contribution in [2.45, 2.75) is 90.5 Å². The summed E-state index contributed by atoms with van der Waals surface area (Å²) in [7, 11) is 0. The van der Waals surface area contributed by atoms with Gasteiger partial charge in [-0.1, -0.05) is 33.6 Å². The van der Waals surface area contributed by atoms with Crippen molar-refractivity contribution in [1.29, 1.82) is 0 Å². The Morgan fingerprint density at radius 3 is 2.67 bits per heavy atom. The Morgan fingerprint density at radius 2 is 2.10 bits per heavy atom. The van der Waals surface area contributed by atoms with Crippen molar-refractivity contribution in [2.75, 3.05) is 19.6 Å². The average Bonchev–Trinajstić information content (AvgIpc) is 2.78. The van der Waals surface area contributed by atoms with Gasteiger partial charge >= 0.3 is 0 Å². The minimum atomic E-state index is 0.0907. The van der Waals surface area contributed by atoms with Gasteiger partial charge in [-0.05, 0) is 39.0 Å². The largest absolute Gasteiger partial charge is 0.371 e. The van der Waals surface area contributed by atoms with Crippen molar-refractivity contribution in [3.63, 3.8) is 0 Å². The van der Waals surface area contributed by atoms with Gasteiger partial charge in [-0.2, -0.15) is 0 Å². The third kappa shape index (κ3) is 4.67. The van der Waals surface area contributed by atoms with Crippen LogP contribution in [0.3, 0.4) is 0 Å². The van der Waals surface area contributed by atoms with E-state index in [1.54, 1.807) is 0 Å². The number of hydrogen-bond donors (Lipinski definition) is 1. The zero-order valence-electron chi connectivity index (χ0n) is 14.8. The molecule has 0 aliphatic carbocycles. The van der Waals surface area contributed by atoms with E-state index in [0.29, 0.717) is 18.2 Å². The molecular formula is C18H36N2O. The molecule has 0 saturated carbocycles. The van der Waals surface area contributed by atoms with Crippen molar-refractivity contribution in [3.8, 4) is 0 Å². The van der Waals surface area contributed by atoms with Crippen LogP contribution in [0, 0.1) is 5.92 Å². The Bertz CT molecular complexity index is 318. The van der Waals surface area contributed by atoms with E-state index in [1.165, 1.54) is 38.6 Å². The Balaban J connectivity index is 1.96. The van der Waals surface area contributed by atoms with Crippen molar-refractivity contribution in [2.24, 2.45) is 5.92 Å². The second-order valence-electron chi connectivity index (χ2n) is 7.84. The zero-order valence-corrected chi connectivity index (χ0v) is 14.8. The summed E-state index contributed by atoms with van der Waals surface area (Å²) in [5, 5.41) is 3.77. The molecule has 2 fully saturated rings. The molecule has 1 N–H and O–H groups in total. The van der Waals surface area contributed by atoms with Crippen LogP contribution in [-0.2, 0) is 4.74 Å². The van der Waals surface area contributed by atoms with Gasteiger partial charge < -0.3 is 10.1 Å². The summed E-state index contributed by atoms with van der Waals surface area (Å²) in [5.74, 6) is 0.759. The standard InChI is InChI=1S/C18H36N2O/c1-6-8-15-12-20(17(11-19-15)14(3)7-2)13-16-9-10-18(4,5)21-16/h14-17,19H,6-13H2,1-5H3. The summed E-state index contributed by atoms with van der Waals surface area (Å²) in [4.78, 5) is 2.73. The fourth-order valence-corrected chi connectivity index (χ4v) is 3.95. The molecule has 2 aliphatic rings. The predicted molar refractivity (Wildman–Crippen MR) is 89.7 cm³/mol. The Hall–Kier alpha value is -0.120. The summed E-state index contributed by atoms with van der Waals surface area (Å²) in [6.07, 6.45) is 6.69. The molecular weight excluding hydrogens is 260 g/mol. The van der Waals surface area contributed by atoms with Crippen LogP contribution in [0.1, 0.15) is 66.7 Å². The molecule has 3 nitrogen and oxygen atoms in total. The van der Waals surface area contributed by atoms with Crippen LogP contribution in [0.5, 0.6) is 0 Å². The highest BCUT2D eigenvalue weighted by atomic mass is 16.5. The van der Waals surface area contributed by atoms with Crippen LogP contribution in [0.4, 0.5) is 0 Å². The fraction of sp³-hybridized carbons (Fsp3) is 1.00. The molecule has 2 aliphatic heterocycles. The lowest BCUT2D eigenvalue weighted by atomic mass is 9.93. The molecule has 2 rings (SSSR count). The fourth-order valence-electron chi connectivity index (χ4n) is 3.95. The molecule has 0 amide bonds. The lowest BCUT2D eigenvalue weighted by molar-refractivity contribution is -0.0430. The first kappa shape index (κ1) is 17.2. The second-order valence-corrected chi connectivity index (χ2v) is 7.84. The summed E-state index contributed by atoms with van der Waals surface area (Å²) < 4.78 is 6.25. The number of hydrogen-bond acceptors (Lipinski definition) is 3. The molecule has 4 atom stereocenters. The summed E-state index contributed by atoms with van der Waals surface area (Å²) in [6.45, 7) is 14.9. The lowest BCUT2D eigenvalue weighted by Gasteiger charge is -2.44. The minimum Gasteiger partial charge on any atom is -0.371 e. The van der Waals surface area contributed by atoms with Crippen LogP contribution >= 0.6 is 0 Å². The van der Waals surface area contributed by atoms with E-state index in [9.17, 15) is 0 Å². The van der Waals surface area contributed by atoms with E-state index in [2.05, 4.69) is 44.8 Å². The van der Waals surface area contributed by atoms with Crippen molar-refractivity contribution >= 4 is 0 Å². The molecule has 2 saturated heterocycles. The molecule has 0 bridgehead atoms. The molecule has 124 valence electrons. The maximum absolute atomic E-state index is 6.25. The number of nitrogens with zero attached hydrogens (tertiary/aromatic N) is 1. The normalized spacial score (nSPS) is 35.0. The smallest absolute Gasteiger partial charge is 0.0710 e. The molecule has 21 heavy (non-hydrogen) atoms. The average molecular weight is 296 g/mol.